The molecule has 32 heavy (non-hydrogen) atoms. The number of hydrogen-bond acceptors (Lipinski definition) is 7. The number of hydrogen-bond donors (Lipinski definition) is 1. The van der Waals surface area contributed by atoms with Gasteiger partial charge in [0.15, 0.2) is 0 Å². The van der Waals surface area contributed by atoms with Crippen LogP contribution < -0.4 is 9.64 Å². The molecule has 8 nitrogen and oxygen atoms in total. The van der Waals surface area contributed by atoms with E-state index in [0.717, 1.165) is 42.2 Å². The van der Waals surface area contributed by atoms with Crippen molar-refractivity contribution in [3.8, 4) is 17.1 Å². The standard InChI is InChI=1S/C24H26N6O2/c1-29(2)18-8-4-16(5-9-18)13-30-14-21-20(25-15-26-21)12-22(30)24-27-23(28-32-24)17-6-10-19(31-3)11-7-17/h4-11,15,22H,12-14H2,1-3H3,(H,25,26)/t22-/m0/s1. The van der Waals surface area contributed by atoms with Crippen molar-refractivity contribution in [3.05, 3.63) is 77.7 Å². The number of rotatable bonds is 6. The van der Waals surface area contributed by atoms with Crippen molar-refractivity contribution in [2.75, 3.05) is 26.1 Å². The van der Waals surface area contributed by atoms with Crippen LogP contribution >= 0.6 is 0 Å². The normalized spacial score (nSPS) is 16.0. The summed E-state index contributed by atoms with van der Waals surface area (Å²) in [6, 6.07) is 16.2. The first-order valence-corrected chi connectivity index (χ1v) is 10.6. The summed E-state index contributed by atoms with van der Waals surface area (Å²) in [6.07, 6.45) is 2.48. The molecule has 0 radical (unpaired) electrons. The average Bonchev–Trinajstić information content (AvgIpc) is 3.48. The van der Waals surface area contributed by atoms with Gasteiger partial charge in [0.25, 0.3) is 0 Å². The van der Waals surface area contributed by atoms with Gasteiger partial charge in [0, 0.05) is 44.9 Å². The van der Waals surface area contributed by atoms with Crippen molar-refractivity contribution in [1.82, 2.24) is 25.0 Å². The van der Waals surface area contributed by atoms with Crippen LogP contribution in [0.1, 0.15) is 28.9 Å². The number of aromatic nitrogens is 4. The number of nitrogens with one attached hydrogen (secondary N) is 1. The molecule has 3 heterocycles. The molecule has 4 aromatic rings. The third-order valence-electron chi connectivity index (χ3n) is 5.91. The molecule has 0 spiro atoms. The summed E-state index contributed by atoms with van der Waals surface area (Å²) < 4.78 is 11.0. The van der Waals surface area contributed by atoms with Gasteiger partial charge in [-0.15, -0.1) is 0 Å². The molecule has 0 bridgehead atoms. The van der Waals surface area contributed by atoms with E-state index in [4.69, 9.17) is 14.2 Å². The third-order valence-corrected chi connectivity index (χ3v) is 5.91. The molecule has 164 valence electrons. The lowest BCUT2D eigenvalue weighted by Crippen LogP contribution is -2.34. The number of H-pyrrole nitrogens is 1. The van der Waals surface area contributed by atoms with Crippen LogP contribution in [-0.4, -0.2) is 46.2 Å². The topological polar surface area (TPSA) is 83.3 Å². The molecule has 0 amide bonds. The van der Waals surface area contributed by atoms with Crippen molar-refractivity contribution in [2.45, 2.75) is 25.6 Å². The zero-order chi connectivity index (χ0) is 22.1. The maximum atomic E-state index is 5.75. The SMILES string of the molecule is COc1ccc(-c2noc([C@@H]3Cc4nc[nH]c4CN3Cc3ccc(N(C)C)cc3)n2)cc1. The Hall–Kier alpha value is -3.65. The van der Waals surface area contributed by atoms with Crippen LogP contribution in [0.4, 0.5) is 5.69 Å². The molecule has 0 fully saturated rings. The average molecular weight is 431 g/mol. The minimum atomic E-state index is -0.0428. The molecule has 1 aliphatic heterocycles. The zero-order valence-corrected chi connectivity index (χ0v) is 18.4. The Balaban J connectivity index is 1.42. The van der Waals surface area contributed by atoms with Gasteiger partial charge in [0.2, 0.25) is 11.7 Å². The van der Waals surface area contributed by atoms with Gasteiger partial charge in [-0.25, -0.2) is 4.98 Å². The Morgan fingerprint density at radius 1 is 1.12 bits per heavy atom. The van der Waals surface area contributed by atoms with Crippen molar-refractivity contribution >= 4 is 5.69 Å². The van der Waals surface area contributed by atoms with Crippen LogP contribution in [0, 0.1) is 0 Å². The number of ether oxygens (including phenoxy) is 1. The Labute approximate surface area is 186 Å². The summed E-state index contributed by atoms with van der Waals surface area (Å²) in [5.41, 5.74) is 5.50. The summed E-state index contributed by atoms with van der Waals surface area (Å²) in [5, 5.41) is 4.25. The Kier molecular flexibility index (Phi) is 5.36. The van der Waals surface area contributed by atoms with Crippen molar-refractivity contribution in [2.24, 2.45) is 0 Å². The maximum absolute atomic E-state index is 5.75. The Bertz CT molecular complexity index is 1180. The number of benzene rings is 2. The number of nitrogens with zero attached hydrogens (tertiary/aromatic N) is 5. The van der Waals surface area contributed by atoms with Gasteiger partial charge in [0.05, 0.1) is 30.9 Å². The Morgan fingerprint density at radius 2 is 1.91 bits per heavy atom. The number of anilines is 1. The van der Waals surface area contributed by atoms with Gasteiger partial charge in [-0.3, -0.25) is 4.90 Å². The van der Waals surface area contributed by atoms with Crippen molar-refractivity contribution in [1.29, 1.82) is 0 Å². The first-order valence-electron chi connectivity index (χ1n) is 10.6. The van der Waals surface area contributed by atoms with Gasteiger partial charge >= 0.3 is 0 Å². The lowest BCUT2D eigenvalue weighted by molar-refractivity contribution is 0.128. The minimum Gasteiger partial charge on any atom is -0.497 e. The van der Waals surface area contributed by atoms with Crippen molar-refractivity contribution < 1.29 is 9.26 Å². The Morgan fingerprint density at radius 3 is 2.62 bits per heavy atom. The van der Waals surface area contributed by atoms with E-state index in [0.29, 0.717) is 11.7 Å². The second-order valence-electron chi connectivity index (χ2n) is 8.20. The highest BCUT2D eigenvalue weighted by Gasteiger charge is 2.33. The van der Waals surface area contributed by atoms with E-state index >= 15 is 0 Å². The second-order valence-corrected chi connectivity index (χ2v) is 8.20. The number of fused-ring (bicyclic) bond motifs is 1. The summed E-state index contributed by atoms with van der Waals surface area (Å²) in [5.74, 6) is 1.97. The second kappa shape index (κ2) is 8.47. The predicted octanol–water partition coefficient (Wildman–Crippen LogP) is 3.83. The minimum absolute atomic E-state index is 0.0428. The monoisotopic (exact) mass is 430 g/mol. The summed E-state index contributed by atoms with van der Waals surface area (Å²) in [4.78, 5) is 17.0. The van der Waals surface area contributed by atoms with Crippen LogP contribution in [0.2, 0.25) is 0 Å². The van der Waals surface area contributed by atoms with E-state index in [2.05, 4.69) is 49.2 Å². The van der Waals surface area contributed by atoms with Crippen LogP contribution in [0.25, 0.3) is 11.4 Å². The summed E-state index contributed by atoms with van der Waals surface area (Å²) in [7, 11) is 5.74. The largest absolute Gasteiger partial charge is 0.497 e. The first kappa shape index (κ1) is 20.3. The summed E-state index contributed by atoms with van der Waals surface area (Å²) >= 11 is 0. The fourth-order valence-corrected chi connectivity index (χ4v) is 4.06. The number of imidazole rings is 1. The lowest BCUT2D eigenvalue weighted by atomic mass is 10.0. The van der Waals surface area contributed by atoms with Gasteiger partial charge in [-0.2, -0.15) is 4.98 Å². The van der Waals surface area contributed by atoms with E-state index < -0.39 is 0 Å². The maximum Gasteiger partial charge on any atom is 0.244 e. The molecule has 1 N–H and O–H groups in total. The molecule has 0 unspecified atom stereocenters. The summed E-state index contributed by atoms with van der Waals surface area (Å²) in [6.45, 7) is 1.52. The molecule has 0 saturated carbocycles. The van der Waals surface area contributed by atoms with Crippen LogP contribution in [0.15, 0.2) is 59.4 Å². The highest BCUT2D eigenvalue weighted by molar-refractivity contribution is 5.55. The van der Waals surface area contributed by atoms with Gasteiger partial charge in [-0.05, 0) is 42.0 Å². The molecule has 2 aromatic heterocycles. The molecule has 1 atom stereocenters. The lowest BCUT2D eigenvalue weighted by Gasteiger charge is -2.32. The molecule has 5 rings (SSSR count). The fraction of sp³-hybridized carbons (Fsp3) is 0.292. The molecule has 2 aromatic carbocycles. The molecule has 1 aliphatic rings. The van der Waals surface area contributed by atoms with Gasteiger partial charge in [-0.1, -0.05) is 17.3 Å². The van der Waals surface area contributed by atoms with Crippen LogP contribution in [-0.2, 0) is 19.5 Å². The van der Waals surface area contributed by atoms with E-state index in [9.17, 15) is 0 Å². The molecular formula is C24H26N6O2. The van der Waals surface area contributed by atoms with Crippen LogP contribution in [0.3, 0.4) is 0 Å². The van der Waals surface area contributed by atoms with E-state index in [1.54, 1.807) is 13.4 Å². The number of aromatic amines is 1. The smallest absolute Gasteiger partial charge is 0.244 e. The van der Waals surface area contributed by atoms with E-state index in [-0.39, 0.29) is 6.04 Å². The molecule has 8 heteroatoms. The van der Waals surface area contributed by atoms with Crippen molar-refractivity contribution in [3.63, 3.8) is 0 Å². The molecule has 0 aliphatic carbocycles. The number of methoxy groups -OCH3 is 1. The third kappa shape index (κ3) is 3.97. The highest BCUT2D eigenvalue weighted by Crippen LogP contribution is 2.33. The zero-order valence-electron chi connectivity index (χ0n) is 18.4. The molecule has 0 saturated heterocycles. The fourth-order valence-electron chi connectivity index (χ4n) is 4.06. The molecular weight excluding hydrogens is 404 g/mol. The predicted molar refractivity (Wildman–Crippen MR) is 121 cm³/mol. The quantitative estimate of drug-likeness (QED) is 0.498. The van der Waals surface area contributed by atoms with E-state index in [1.807, 2.05) is 38.4 Å². The highest BCUT2D eigenvalue weighted by atomic mass is 16.5. The first-order chi connectivity index (χ1) is 15.6. The van der Waals surface area contributed by atoms with Gasteiger partial charge in [0.1, 0.15) is 5.75 Å². The van der Waals surface area contributed by atoms with Gasteiger partial charge < -0.3 is 19.1 Å². The van der Waals surface area contributed by atoms with E-state index in [1.165, 1.54) is 11.3 Å². The van der Waals surface area contributed by atoms with Crippen LogP contribution in [0.5, 0.6) is 5.75 Å².